The first-order valence-electron chi connectivity index (χ1n) is 53.5. The summed E-state index contributed by atoms with van der Waals surface area (Å²) >= 11 is 2.54. The Labute approximate surface area is 910 Å². The average Bonchev–Trinajstić information content (AvgIpc) is 1.45. The number of methoxy groups -OCH3 is 4. The monoisotopic (exact) mass is 2280 g/mol. The molecular weight excluding hydrogens is 2090 g/mol. The first kappa shape index (κ1) is 126. The van der Waals surface area contributed by atoms with Crippen LogP contribution < -0.4 is 23.4 Å². The van der Waals surface area contributed by atoms with Gasteiger partial charge in [-0.05, 0) is 200 Å². The number of alkyl halides is 1. The van der Waals surface area contributed by atoms with Crippen LogP contribution in [-0.4, -0.2) is 218 Å². The molecule has 7 aromatic rings. The van der Waals surface area contributed by atoms with Gasteiger partial charge in [0.05, 0.1) is 102 Å². The molecule has 820 valence electrons. The van der Waals surface area contributed by atoms with Crippen LogP contribution in [-0.2, 0) is 91.1 Å². The summed E-state index contributed by atoms with van der Waals surface area (Å²) in [6.07, 6.45) is 13.2. The van der Waals surface area contributed by atoms with Crippen LogP contribution in [0.4, 0.5) is 0 Å². The zero-order chi connectivity index (χ0) is 113. The fourth-order valence-electron chi connectivity index (χ4n) is 16.0. The Kier molecular flexibility index (Phi) is 54.4. The summed E-state index contributed by atoms with van der Waals surface area (Å²) in [5, 5.41) is 20.8. The molecule has 0 saturated carbocycles. The summed E-state index contributed by atoms with van der Waals surface area (Å²) in [6, 6.07) is 52.6. The molecule has 0 radical (unpaired) electrons. The van der Waals surface area contributed by atoms with Gasteiger partial charge in [0.2, 0.25) is 0 Å². The zero-order valence-electron chi connectivity index (χ0n) is 97.4. The maximum absolute atomic E-state index is 13.7. The maximum Gasteiger partial charge on any atom is 0.338 e. The Morgan fingerprint density at radius 1 is 0.524 bits per heavy atom. The van der Waals surface area contributed by atoms with Crippen LogP contribution in [0.1, 0.15) is 225 Å². The van der Waals surface area contributed by atoms with Gasteiger partial charge in [0, 0.05) is 29.1 Å². The molecule has 0 amide bonds. The number of halogens is 1. The fraction of sp³-hybridized carbons (Fsp3) is 0.555. The number of hydrogen-bond donors (Lipinski definition) is 2. The fourth-order valence-corrected chi connectivity index (χ4v) is 21.4. The molecule has 3 heterocycles. The van der Waals surface area contributed by atoms with E-state index < -0.39 is 78.3 Å². The van der Waals surface area contributed by atoms with Crippen LogP contribution in [0.2, 0.25) is 69.5 Å². The van der Waals surface area contributed by atoms with E-state index in [0.29, 0.717) is 74.2 Å². The third-order valence-electron chi connectivity index (χ3n) is 24.9. The quantitative estimate of drug-likeness (QED) is 0.00683. The zero-order valence-corrected chi connectivity index (χ0v) is 101. The van der Waals surface area contributed by atoms with Crippen molar-refractivity contribution in [2.75, 3.05) is 59.5 Å². The van der Waals surface area contributed by atoms with Gasteiger partial charge in [0.25, 0.3) is 0 Å². The number of aryl methyl sites for hydroxylation is 3. The largest absolute Gasteiger partial charge is 0.497 e. The van der Waals surface area contributed by atoms with Crippen molar-refractivity contribution in [3.8, 4) is 23.0 Å². The Hall–Kier alpha value is -7.51. The van der Waals surface area contributed by atoms with Crippen molar-refractivity contribution in [3.63, 3.8) is 0 Å². The molecule has 3 fully saturated rings. The second-order valence-corrected chi connectivity index (χ2v) is 62.4. The molecule has 2 N–H and O–H groups in total. The smallest absolute Gasteiger partial charge is 0.338 e. The second kappa shape index (κ2) is 63.2. The predicted molar refractivity (Wildman–Crippen MR) is 613 cm³/mol. The summed E-state index contributed by atoms with van der Waals surface area (Å²) < 4.78 is 126. The molecule has 13 atom stereocenters. The molecule has 7 aromatic carbocycles. The van der Waals surface area contributed by atoms with Gasteiger partial charge < -0.3 is 81.0 Å². The molecule has 23 nitrogen and oxygen atoms in total. The maximum atomic E-state index is 13.7. The molecule has 147 heavy (non-hydrogen) atoms. The summed E-state index contributed by atoms with van der Waals surface area (Å²) in [5.41, 5.74) is 9.41. The molecule has 3 unspecified atom stereocenters. The normalized spacial score (nSPS) is 19.1. The minimum absolute atomic E-state index is 0.0103. The number of hydrogen-bond acceptors (Lipinski definition) is 23. The van der Waals surface area contributed by atoms with E-state index in [1.54, 1.807) is 58.8 Å². The summed E-state index contributed by atoms with van der Waals surface area (Å²) in [5.74, 6) is 0.411. The van der Waals surface area contributed by atoms with Crippen LogP contribution >= 0.6 is 22.6 Å². The van der Waals surface area contributed by atoms with Crippen molar-refractivity contribution in [1.82, 2.24) is 0 Å². The molecule has 10 rings (SSSR count). The number of aliphatic hydroxyl groups is 2. The number of esters is 3. The second-order valence-electron chi connectivity index (χ2n) is 43.1. The van der Waals surface area contributed by atoms with E-state index in [9.17, 15) is 24.6 Å². The standard InChI is InChI=1S/C49H70O9Si2.C23H36O5.C22H33IO5.C22H30O4SeSi.3CH4/c1-34-31-35(2)44(47(51)53-29-30-59(10,11)12)39(32-34)21-18-22-43-45(57-49(7,8)56-43)42(55-46(50)38-19-16-15-17-20-38)28-27-41(36(3)58-60(13,14)48(4,5)6)54-33-37-23-25-40(52-9)26-24-37;1-16(2)20(26-15-18-8-10-19(25-6)11-9-18)12-7-17(3)22-21(13-14-24)27-23(4,5)28-22;1-15(2)19(26-14-16-6-8-17(25-5)9-7-16)11-10-18(24)21-20(12-13-23)27-22(3,4)28-21;1-17-13-18(15-27-19-9-7-6-8-10-19)21(20(14-17)26-16-24-2)22(23)25-11-12-28(3,4)5;;;/h15-21,23-28,31-32,36,41-43,45H,22,29-30,33H2,1-14H3;7-12,16-17,20-22,24H,13-15H2,1-6H3;6-11,15,18-21,24H,12-14H2,1-5H3;6-10,13-14H,11-12,15-16H2,1-5H3;3*1H4/b21-18+,28-27-;12-7-;11-10-;;;;/t36-,41+,42?,43-,45+;17?,20-,21+,22-;18?,19-,20+,21-;;;;/m011..../s1/i;;;;3*1T. The van der Waals surface area contributed by atoms with E-state index in [1.165, 1.54) is 26.7 Å². The van der Waals surface area contributed by atoms with Crippen molar-refractivity contribution < 1.29 is 114 Å². The van der Waals surface area contributed by atoms with Gasteiger partial charge in [0.15, 0.2) is 25.7 Å². The first-order valence-corrected chi connectivity index (χ1v) is 64.4. The minimum atomic E-state index is -2.21. The Morgan fingerprint density at radius 3 is 1.43 bits per heavy atom. The van der Waals surface area contributed by atoms with E-state index in [0.717, 1.165) is 90.0 Å². The SMILES string of the molecule is COCOc1cc(C)cc(C[Se]c2ccccc2)c1C(=O)OCC[Si](C)(C)C.COc1ccc(CO[C@H](/C=C\C(C)[C@H]2OC(C)(C)O[C@H]2CCO)C(C)C)cc1.COc1ccc(CO[C@H](/C=C\C(O)[C@H]2OC(C)(C)O[C@H]2CCI)C(C)C)cc1.COc1ccc(CO[C@H](/C=C\C(OC(=O)c2ccccc2)[C@H]2OC(C)(C)O[C@H]2C/C=C/c2cc(C)cc(C)c2C(=O)OCC[Si](C)(C)C)[C@H](C)O[Si](C)(C)C(C)(C)C)cc1.[3H]C.[3H]C.[3H]C. The van der Waals surface area contributed by atoms with Crippen LogP contribution in [0.5, 0.6) is 23.0 Å². The van der Waals surface area contributed by atoms with Crippen LogP contribution in [0.3, 0.4) is 0 Å². The minimum Gasteiger partial charge on any atom is -0.497 e. The molecular formula is C119H181IO23SeSi3. The van der Waals surface area contributed by atoms with Gasteiger partial charge in [-0.15, -0.1) is 0 Å². The molecule has 0 aromatic heterocycles. The molecule has 0 spiro atoms. The van der Waals surface area contributed by atoms with Gasteiger partial charge in [-0.1, -0.05) is 235 Å². The van der Waals surface area contributed by atoms with E-state index in [2.05, 4.69) is 161 Å². The van der Waals surface area contributed by atoms with Crippen LogP contribution in [0, 0.1) is 38.5 Å². The first-order chi connectivity index (χ1) is 70.8. The predicted octanol–water partition coefficient (Wildman–Crippen LogP) is 26.2. The summed E-state index contributed by atoms with van der Waals surface area (Å²) in [7, 11) is 5.43. The number of carbonyl (C=O) groups excluding carboxylic acids is 3. The molecule has 28 heteroatoms. The van der Waals surface area contributed by atoms with Gasteiger partial charge in [-0.25, -0.2) is 9.59 Å². The van der Waals surface area contributed by atoms with Crippen molar-refractivity contribution in [3.05, 3.63) is 261 Å². The van der Waals surface area contributed by atoms with Crippen LogP contribution in [0.25, 0.3) is 6.08 Å². The van der Waals surface area contributed by atoms with Gasteiger partial charge in [0.1, 0.15) is 47.8 Å². The summed E-state index contributed by atoms with van der Waals surface area (Å²) in [6.45, 7) is 57.1. The number of rotatable bonds is 49. The Morgan fingerprint density at radius 2 is 0.966 bits per heavy atom. The van der Waals surface area contributed by atoms with E-state index in [4.69, 9.17) is 89.1 Å². The van der Waals surface area contributed by atoms with E-state index in [-0.39, 0.29) is 99.9 Å². The van der Waals surface area contributed by atoms with Crippen molar-refractivity contribution in [2.24, 2.45) is 17.8 Å². The van der Waals surface area contributed by atoms with Gasteiger partial charge in [-0.3, -0.25) is 0 Å². The molecule has 0 aliphatic carbocycles. The van der Waals surface area contributed by atoms with Crippen molar-refractivity contribution in [2.45, 2.75) is 351 Å². The average molecular weight is 2280 g/mol. The van der Waals surface area contributed by atoms with Crippen LogP contribution in [0.15, 0.2) is 200 Å². The molecule has 0 bridgehead atoms. The summed E-state index contributed by atoms with van der Waals surface area (Å²) in [4.78, 5) is 40.1. The molecule has 3 aliphatic rings. The van der Waals surface area contributed by atoms with Crippen molar-refractivity contribution in [1.29, 1.82) is 0 Å². The topological polar surface area (TPSA) is 258 Å². The number of benzene rings is 7. The van der Waals surface area contributed by atoms with E-state index in [1.807, 2.05) is 215 Å². The van der Waals surface area contributed by atoms with Gasteiger partial charge in [-0.2, -0.15) is 0 Å². The number of carbonyl (C=O) groups is 3. The third-order valence-corrected chi connectivity index (χ3v) is 35.7. The van der Waals surface area contributed by atoms with Crippen molar-refractivity contribution >= 4 is 90.5 Å². The number of aliphatic hydroxyl groups excluding tert-OH is 2. The molecule has 3 saturated heterocycles. The number of ether oxygens (including phenoxy) is 17. The Bertz CT molecular complexity index is 5020. The van der Waals surface area contributed by atoms with Gasteiger partial charge >= 0.3 is 188 Å². The van der Waals surface area contributed by atoms with E-state index >= 15 is 0 Å². The molecule has 3 aliphatic heterocycles. The third kappa shape index (κ3) is 45.7. The Balaban J connectivity index is 0.000000439.